The zero-order chi connectivity index (χ0) is 23.3. The van der Waals surface area contributed by atoms with Crippen molar-refractivity contribution in [3.63, 3.8) is 0 Å². The van der Waals surface area contributed by atoms with Gasteiger partial charge in [0.15, 0.2) is 0 Å². The van der Waals surface area contributed by atoms with E-state index in [2.05, 4.69) is 4.72 Å². The van der Waals surface area contributed by atoms with Crippen molar-refractivity contribution in [1.29, 1.82) is 0 Å². The molecule has 1 amide bonds. The quantitative estimate of drug-likeness (QED) is 0.668. The number of sulfonamides is 1. The Morgan fingerprint density at radius 2 is 1.79 bits per heavy atom. The van der Waals surface area contributed by atoms with Crippen LogP contribution < -0.4 is 4.72 Å². The highest BCUT2D eigenvalue weighted by Gasteiger charge is 2.54. The van der Waals surface area contributed by atoms with Gasteiger partial charge in [-0.3, -0.25) is 4.79 Å². The van der Waals surface area contributed by atoms with Gasteiger partial charge in [0, 0.05) is 12.0 Å². The van der Waals surface area contributed by atoms with Crippen LogP contribution in [0.4, 0.5) is 8.78 Å². The van der Waals surface area contributed by atoms with Gasteiger partial charge in [-0.05, 0) is 48.1 Å². The molecular weight excluding hydrogens is 446 g/mol. The average Bonchev–Trinajstić information content (AvgIpc) is 3.01. The Hall–Kier alpha value is -2.32. The molecule has 2 bridgehead atoms. The lowest BCUT2D eigenvalue weighted by atomic mass is 9.47. The fourth-order valence-corrected chi connectivity index (χ4v) is 6.45. The minimum absolute atomic E-state index is 0.0311. The summed E-state index contributed by atoms with van der Waals surface area (Å²) in [7, 11) is -3.72. The molecular formula is C25H28F2N2O3S. The van der Waals surface area contributed by atoms with Gasteiger partial charge in [-0.15, -0.1) is 0 Å². The van der Waals surface area contributed by atoms with Gasteiger partial charge in [0.1, 0.15) is 12.0 Å². The van der Waals surface area contributed by atoms with Gasteiger partial charge >= 0.3 is 0 Å². The summed E-state index contributed by atoms with van der Waals surface area (Å²) >= 11 is 0. The molecule has 1 N–H and O–H groups in total. The van der Waals surface area contributed by atoms with Crippen molar-refractivity contribution in [2.45, 2.75) is 43.9 Å². The van der Waals surface area contributed by atoms with Crippen LogP contribution in [0.15, 0.2) is 48.5 Å². The van der Waals surface area contributed by atoms with Crippen LogP contribution in [0.3, 0.4) is 0 Å². The number of halogens is 2. The van der Waals surface area contributed by atoms with Crippen LogP contribution >= 0.6 is 0 Å². The summed E-state index contributed by atoms with van der Waals surface area (Å²) in [5, 5.41) is 0. The molecule has 0 aromatic heterocycles. The molecule has 1 saturated heterocycles. The highest BCUT2D eigenvalue weighted by Crippen LogP contribution is 2.60. The number of alkyl halides is 1. The summed E-state index contributed by atoms with van der Waals surface area (Å²) in [6.45, 7) is -0.182. The topological polar surface area (TPSA) is 66.5 Å². The number of carbonyl (C=O) groups excluding carboxylic acids is 1. The van der Waals surface area contributed by atoms with E-state index in [1.165, 1.54) is 17.7 Å². The molecule has 2 aromatic carbocycles. The Bertz CT molecular complexity index is 1140. The number of rotatable bonds is 7. The van der Waals surface area contributed by atoms with Crippen molar-refractivity contribution in [3.05, 3.63) is 59.9 Å². The fourth-order valence-electron chi connectivity index (χ4n) is 5.65. The summed E-state index contributed by atoms with van der Waals surface area (Å²) in [6.07, 6.45) is 2.15. The minimum atomic E-state index is -3.72. The summed E-state index contributed by atoms with van der Waals surface area (Å²) < 4.78 is 56.8. The Balaban J connectivity index is 1.43. The molecule has 176 valence electrons. The number of carbonyl (C=O) groups is 1. The second-order valence-electron chi connectivity index (χ2n) is 9.75. The summed E-state index contributed by atoms with van der Waals surface area (Å²) in [5.41, 5.74) is 1.47. The van der Waals surface area contributed by atoms with E-state index < -0.39 is 34.1 Å². The van der Waals surface area contributed by atoms with E-state index in [9.17, 15) is 13.2 Å². The van der Waals surface area contributed by atoms with Gasteiger partial charge in [0.05, 0.1) is 24.9 Å². The zero-order valence-corrected chi connectivity index (χ0v) is 19.3. The van der Waals surface area contributed by atoms with Gasteiger partial charge in [0.25, 0.3) is 0 Å². The normalized spacial score (nSPS) is 30.6. The lowest BCUT2D eigenvalue weighted by Gasteiger charge is -2.58. The molecule has 3 atom stereocenters. The maximum Gasteiger partial charge on any atom is 0.223 e. The van der Waals surface area contributed by atoms with Crippen molar-refractivity contribution < 1.29 is 22.0 Å². The Kier molecular flexibility index (Phi) is 5.77. The second-order valence-corrected chi connectivity index (χ2v) is 11.5. The first-order valence-electron chi connectivity index (χ1n) is 11.4. The molecule has 8 heteroatoms. The van der Waals surface area contributed by atoms with Gasteiger partial charge in [-0.25, -0.2) is 21.9 Å². The van der Waals surface area contributed by atoms with Crippen LogP contribution in [0.25, 0.3) is 11.1 Å². The molecule has 1 aliphatic heterocycles. The SMILES string of the molecule is CS(=O)(=O)N[C@H]1[C@@H](F)CN(C(=O)CC2C3CC2C3)[C@H]1Cc1cccc(-c2ccccc2)c1F. The number of nitrogens with zero attached hydrogens (tertiary/aromatic N) is 1. The molecule has 0 spiro atoms. The molecule has 3 aliphatic carbocycles. The van der Waals surface area contributed by atoms with Crippen molar-refractivity contribution in [1.82, 2.24) is 9.62 Å². The maximum atomic E-state index is 15.5. The number of benzene rings is 2. The number of likely N-dealkylation sites (tertiary alicyclic amines) is 1. The van der Waals surface area contributed by atoms with Crippen LogP contribution in [-0.4, -0.2) is 50.3 Å². The van der Waals surface area contributed by atoms with Gasteiger partial charge in [-0.1, -0.05) is 48.5 Å². The largest absolute Gasteiger partial charge is 0.335 e. The number of nitrogens with one attached hydrogen (secondary N) is 1. The zero-order valence-electron chi connectivity index (χ0n) is 18.5. The van der Waals surface area contributed by atoms with Gasteiger partial charge < -0.3 is 4.90 Å². The monoisotopic (exact) mass is 474 g/mol. The van der Waals surface area contributed by atoms with Crippen LogP contribution in [0.1, 0.15) is 24.8 Å². The van der Waals surface area contributed by atoms with E-state index in [4.69, 9.17) is 0 Å². The molecule has 33 heavy (non-hydrogen) atoms. The van der Waals surface area contributed by atoms with Crippen molar-refractivity contribution in [3.8, 4) is 11.1 Å². The minimum Gasteiger partial charge on any atom is -0.335 e. The smallest absolute Gasteiger partial charge is 0.223 e. The highest BCUT2D eigenvalue weighted by atomic mass is 32.2. The van der Waals surface area contributed by atoms with Crippen LogP contribution in [0.2, 0.25) is 0 Å². The fraction of sp³-hybridized carbons (Fsp3) is 0.480. The maximum absolute atomic E-state index is 15.5. The number of hydrogen-bond acceptors (Lipinski definition) is 3. The lowest BCUT2D eigenvalue weighted by Crippen LogP contribution is -2.53. The molecule has 4 aliphatic rings. The summed E-state index contributed by atoms with van der Waals surface area (Å²) in [6, 6.07) is 12.2. The van der Waals surface area contributed by atoms with E-state index in [1.807, 2.05) is 30.3 Å². The molecule has 0 unspecified atom stereocenters. The average molecular weight is 475 g/mol. The van der Waals surface area contributed by atoms with Crippen LogP contribution in [0, 0.1) is 23.6 Å². The lowest BCUT2D eigenvalue weighted by molar-refractivity contribution is -0.144. The molecule has 6 rings (SSSR count). The standard InChI is InChI=1S/C25H28F2N2O3S/c1-33(31,32)28-25-21(26)14-29(23(30)13-20-17-10-18(20)11-17)22(25)12-16-8-5-9-19(24(16)27)15-6-3-2-4-7-15/h2-9,17-18,20-22,25,28H,10-14H2,1H3/t17?,18?,20?,21-,22-,25-/m0/s1. The molecule has 2 aromatic rings. The molecule has 0 radical (unpaired) electrons. The molecule has 3 saturated carbocycles. The third-order valence-electron chi connectivity index (χ3n) is 7.67. The van der Waals surface area contributed by atoms with E-state index >= 15 is 8.78 Å². The van der Waals surface area contributed by atoms with E-state index in [1.54, 1.807) is 18.2 Å². The predicted octanol–water partition coefficient (Wildman–Crippen LogP) is 3.55. The van der Waals surface area contributed by atoms with Crippen molar-refractivity contribution >= 4 is 15.9 Å². The Labute approximate surface area is 193 Å². The third-order valence-corrected chi connectivity index (χ3v) is 8.37. The highest BCUT2D eigenvalue weighted by molar-refractivity contribution is 7.88. The van der Waals surface area contributed by atoms with Crippen LogP contribution in [-0.2, 0) is 21.2 Å². The van der Waals surface area contributed by atoms with Gasteiger partial charge in [0.2, 0.25) is 15.9 Å². The van der Waals surface area contributed by atoms with E-state index in [-0.39, 0.29) is 18.9 Å². The number of hydrogen-bond donors (Lipinski definition) is 1. The van der Waals surface area contributed by atoms with E-state index in [0.717, 1.165) is 11.8 Å². The van der Waals surface area contributed by atoms with E-state index in [0.29, 0.717) is 35.3 Å². The molecule has 4 fully saturated rings. The van der Waals surface area contributed by atoms with Gasteiger partial charge in [-0.2, -0.15) is 0 Å². The first kappa shape index (κ1) is 22.5. The van der Waals surface area contributed by atoms with Crippen LogP contribution in [0.5, 0.6) is 0 Å². The number of amides is 1. The summed E-state index contributed by atoms with van der Waals surface area (Å²) in [5.74, 6) is 0.935. The first-order chi connectivity index (χ1) is 15.7. The third kappa shape index (κ3) is 4.30. The molecule has 1 heterocycles. The van der Waals surface area contributed by atoms with Crippen molar-refractivity contribution in [2.75, 3.05) is 12.8 Å². The second kappa shape index (κ2) is 8.47. The predicted molar refractivity (Wildman–Crippen MR) is 122 cm³/mol. The Morgan fingerprint density at radius 3 is 2.39 bits per heavy atom. The first-order valence-corrected chi connectivity index (χ1v) is 13.3. The molecule has 5 nitrogen and oxygen atoms in total. The Morgan fingerprint density at radius 1 is 1.09 bits per heavy atom. The summed E-state index contributed by atoms with van der Waals surface area (Å²) in [4.78, 5) is 14.6. The van der Waals surface area contributed by atoms with Crippen molar-refractivity contribution in [2.24, 2.45) is 17.8 Å².